The first-order valence-corrected chi connectivity index (χ1v) is 5.64. The van der Waals surface area contributed by atoms with Crippen LogP contribution >= 0.6 is 0 Å². The van der Waals surface area contributed by atoms with Crippen LogP contribution in [-0.2, 0) is 6.54 Å². The molecular formula is C11H19N3O. The van der Waals surface area contributed by atoms with Crippen molar-refractivity contribution in [2.45, 2.75) is 32.4 Å². The van der Waals surface area contributed by atoms with E-state index in [-0.39, 0.29) is 6.61 Å². The SMILES string of the molecule is Cc1nccn1CCN(CCO)C1CC1. The molecule has 1 heterocycles. The number of aromatic nitrogens is 2. The predicted octanol–water partition coefficient (Wildman–Crippen LogP) is 0.648. The Hall–Kier alpha value is -0.870. The van der Waals surface area contributed by atoms with Crippen molar-refractivity contribution in [3.8, 4) is 0 Å². The van der Waals surface area contributed by atoms with Crippen LogP contribution in [0.2, 0.25) is 0 Å². The predicted molar refractivity (Wildman–Crippen MR) is 58.6 cm³/mol. The number of aliphatic hydroxyl groups excluding tert-OH is 1. The van der Waals surface area contributed by atoms with Crippen LogP contribution in [0.25, 0.3) is 0 Å². The second-order valence-corrected chi connectivity index (χ2v) is 4.16. The Morgan fingerprint density at radius 1 is 1.53 bits per heavy atom. The number of aliphatic hydroxyl groups is 1. The lowest BCUT2D eigenvalue weighted by Gasteiger charge is -2.21. The van der Waals surface area contributed by atoms with E-state index in [9.17, 15) is 0 Å². The van der Waals surface area contributed by atoms with Gasteiger partial charge < -0.3 is 9.67 Å². The second kappa shape index (κ2) is 4.77. The smallest absolute Gasteiger partial charge is 0.105 e. The first kappa shape index (κ1) is 10.6. The third kappa shape index (κ3) is 2.79. The summed E-state index contributed by atoms with van der Waals surface area (Å²) >= 11 is 0. The summed E-state index contributed by atoms with van der Waals surface area (Å²) in [6.07, 6.45) is 6.44. The second-order valence-electron chi connectivity index (χ2n) is 4.16. The van der Waals surface area contributed by atoms with Gasteiger partial charge in [-0.3, -0.25) is 4.90 Å². The van der Waals surface area contributed by atoms with Crippen molar-refractivity contribution in [1.29, 1.82) is 0 Å². The van der Waals surface area contributed by atoms with E-state index in [0.29, 0.717) is 0 Å². The number of nitrogens with zero attached hydrogens (tertiary/aromatic N) is 3. The average Bonchev–Trinajstić information content (AvgIpc) is 2.98. The first-order valence-electron chi connectivity index (χ1n) is 5.64. The van der Waals surface area contributed by atoms with Crippen molar-refractivity contribution in [3.63, 3.8) is 0 Å². The molecule has 1 saturated carbocycles. The van der Waals surface area contributed by atoms with Gasteiger partial charge in [-0.2, -0.15) is 0 Å². The van der Waals surface area contributed by atoms with Crippen LogP contribution in [0.5, 0.6) is 0 Å². The summed E-state index contributed by atoms with van der Waals surface area (Å²) < 4.78 is 2.16. The third-order valence-electron chi connectivity index (χ3n) is 3.00. The zero-order chi connectivity index (χ0) is 10.7. The molecule has 1 aromatic heterocycles. The highest BCUT2D eigenvalue weighted by molar-refractivity contribution is 4.90. The molecule has 0 aromatic carbocycles. The van der Waals surface area contributed by atoms with E-state index in [1.54, 1.807) is 0 Å². The van der Waals surface area contributed by atoms with Gasteiger partial charge in [0.2, 0.25) is 0 Å². The van der Waals surface area contributed by atoms with E-state index >= 15 is 0 Å². The van der Waals surface area contributed by atoms with Gasteiger partial charge in [-0.25, -0.2) is 4.98 Å². The fraction of sp³-hybridized carbons (Fsp3) is 0.727. The first-order chi connectivity index (χ1) is 7.31. The highest BCUT2D eigenvalue weighted by Crippen LogP contribution is 2.26. The number of imidazole rings is 1. The molecule has 1 N–H and O–H groups in total. The van der Waals surface area contributed by atoms with Crippen LogP contribution in [0.1, 0.15) is 18.7 Å². The van der Waals surface area contributed by atoms with Crippen molar-refractivity contribution in [2.24, 2.45) is 0 Å². The molecule has 0 bridgehead atoms. The van der Waals surface area contributed by atoms with Crippen molar-refractivity contribution >= 4 is 0 Å². The van der Waals surface area contributed by atoms with Gasteiger partial charge in [-0.05, 0) is 19.8 Å². The van der Waals surface area contributed by atoms with Gasteiger partial charge >= 0.3 is 0 Å². The van der Waals surface area contributed by atoms with Gasteiger partial charge in [0.15, 0.2) is 0 Å². The molecular weight excluding hydrogens is 190 g/mol. The molecule has 0 atom stereocenters. The van der Waals surface area contributed by atoms with E-state index < -0.39 is 0 Å². The summed E-state index contributed by atoms with van der Waals surface area (Å²) in [7, 11) is 0. The summed E-state index contributed by atoms with van der Waals surface area (Å²) in [6.45, 7) is 5.08. The highest BCUT2D eigenvalue weighted by atomic mass is 16.3. The Morgan fingerprint density at radius 3 is 2.87 bits per heavy atom. The molecule has 1 aliphatic rings. The molecule has 15 heavy (non-hydrogen) atoms. The van der Waals surface area contributed by atoms with Crippen molar-refractivity contribution < 1.29 is 5.11 Å². The minimum absolute atomic E-state index is 0.263. The minimum Gasteiger partial charge on any atom is -0.395 e. The maximum Gasteiger partial charge on any atom is 0.105 e. The van der Waals surface area contributed by atoms with Crippen molar-refractivity contribution in [3.05, 3.63) is 18.2 Å². The Bertz CT molecular complexity index is 307. The molecule has 0 saturated heterocycles. The molecule has 4 heteroatoms. The summed E-state index contributed by atoms with van der Waals surface area (Å²) in [4.78, 5) is 6.57. The van der Waals surface area contributed by atoms with E-state index in [4.69, 9.17) is 5.11 Å². The van der Waals surface area contributed by atoms with Crippen molar-refractivity contribution in [2.75, 3.05) is 19.7 Å². The summed E-state index contributed by atoms with van der Waals surface area (Å²) in [5.74, 6) is 1.06. The Labute approximate surface area is 90.5 Å². The molecule has 1 fully saturated rings. The minimum atomic E-state index is 0.263. The van der Waals surface area contributed by atoms with Crippen LogP contribution in [0, 0.1) is 6.92 Å². The fourth-order valence-corrected chi connectivity index (χ4v) is 1.92. The fourth-order valence-electron chi connectivity index (χ4n) is 1.92. The number of hydrogen-bond acceptors (Lipinski definition) is 3. The third-order valence-corrected chi connectivity index (χ3v) is 3.00. The van der Waals surface area contributed by atoms with Gasteiger partial charge in [0, 0.05) is 38.1 Å². The lowest BCUT2D eigenvalue weighted by atomic mass is 10.4. The van der Waals surface area contributed by atoms with Crippen LogP contribution in [-0.4, -0.2) is 45.3 Å². The number of rotatable bonds is 6. The van der Waals surface area contributed by atoms with Crippen LogP contribution in [0.4, 0.5) is 0 Å². The highest BCUT2D eigenvalue weighted by Gasteiger charge is 2.27. The summed E-state index contributed by atoms with van der Waals surface area (Å²) in [6, 6.07) is 0.723. The van der Waals surface area contributed by atoms with Gasteiger partial charge in [0.1, 0.15) is 5.82 Å². The molecule has 4 nitrogen and oxygen atoms in total. The van der Waals surface area contributed by atoms with E-state index in [1.807, 2.05) is 19.3 Å². The van der Waals surface area contributed by atoms with Crippen molar-refractivity contribution in [1.82, 2.24) is 14.5 Å². The normalized spacial score (nSPS) is 16.2. The molecule has 0 amide bonds. The van der Waals surface area contributed by atoms with Crippen LogP contribution < -0.4 is 0 Å². The van der Waals surface area contributed by atoms with Gasteiger partial charge in [0.25, 0.3) is 0 Å². The molecule has 0 radical (unpaired) electrons. The van der Waals surface area contributed by atoms with E-state index in [1.165, 1.54) is 12.8 Å². The largest absolute Gasteiger partial charge is 0.395 e. The van der Waals surface area contributed by atoms with Crippen LogP contribution in [0.15, 0.2) is 12.4 Å². The molecule has 84 valence electrons. The van der Waals surface area contributed by atoms with E-state index in [0.717, 1.165) is 31.5 Å². The van der Waals surface area contributed by atoms with Gasteiger partial charge in [-0.15, -0.1) is 0 Å². The topological polar surface area (TPSA) is 41.3 Å². The standard InChI is InChI=1S/C11H19N3O/c1-10-12-4-5-13(10)6-7-14(8-9-15)11-2-3-11/h4-5,11,15H,2-3,6-9H2,1H3. The van der Waals surface area contributed by atoms with E-state index in [2.05, 4.69) is 14.5 Å². The molecule has 1 aliphatic carbocycles. The zero-order valence-corrected chi connectivity index (χ0v) is 9.26. The summed E-state index contributed by atoms with van der Waals surface area (Å²) in [5.41, 5.74) is 0. The maximum atomic E-state index is 8.96. The maximum absolute atomic E-state index is 8.96. The molecule has 0 aliphatic heterocycles. The van der Waals surface area contributed by atoms with Crippen LogP contribution in [0.3, 0.4) is 0 Å². The molecule has 1 aromatic rings. The van der Waals surface area contributed by atoms with Gasteiger partial charge in [0.05, 0.1) is 6.61 Å². The Balaban J connectivity index is 1.82. The lowest BCUT2D eigenvalue weighted by molar-refractivity contribution is 0.184. The summed E-state index contributed by atoms with van der Waals surface area (Å²) in [5, 5.41) is 8.96. The number of hydrogen-bond donors (Lipinski definition) is 1. The zero-order valence-electron chi connectivity index (χ0n) is 9.26. The Morgan fingerprint density at radius 2 is 2.33 bits per heavy atom. The number of aryl methyl sites for hydroxylation is 1. The Kier molecular flexibility index (Phi) is 3.38. The monoisotopic (exact) mass is 209 g/mol. The molecule has 2 rings (SSSR count). The molecule has 0 unspecified atom stereocenters. The average molecular weight is 209 g/mol. The lowest BCUT2D eigenvalue weighted by Crippen LogP contribution is -2.32. The molecule has 0 spiro atoms. The van der Waals surface area contributed by atoms with Gasteiger partial charge in [-0.1, -0.05) is 0 Å². The quantitative estimate of drug-likeness (QED) is 0.748.